The Hall–Kier alpha value is -1.66. The molecule has 170 valence electrons. The largest absolute Gasteiger partial charge is 1.00 e. The number of halogens is 2. The smallest absolute Gasteiger partial charge is 1.00 e. The number of fused-ring (bicyclic) bond motifs is 3. The first-order valence-corrected chi connectivity index (χ1v) is 16.7. The molecule has 0 fully saturated rings. The Labute approximate surface area is 216 Å². The van der Waals surface area contributed by atoms with Gasteiger partial charge in [-0.2, -0.15) is 0 Å². The summed E-state index contributed by atoms with van der Waals surface area (Å²) in [6.45, 7) is 4.02. The topological polar surface area (TPSA) is 0 Å². The molecular weight excluding hydrogens is 522 g/mol. The Morgan fingerprint density at radius 1 is 0.818 bits per heavy atom. The molecule has 0 aromatic heterocycles. The zero-order valence-electron chi connectivity index (χ0n) is 18.2. The molecule has 3 aromatic rings. The molecule has 0 heterocycles. The van der Waals surface area contributed by atoms with Crippen molar-refractivity contribution in [3.63, 3.8) is 0 Å². The van der Waals surface area contributed by atoms with Crippen LogP contribution < -0.4 is 28.1 Å². The minimum Gasteiger partial charge on any atom is -1.00 e. The molecular formula is C30H32Cl2Zr. The number of hydrogen-bond acceptors (Lipinski definition) is 0. The van der Waals surface area contributed by atoms with E-state index in [1.54, 1.807) is 17.7 Å². The minimum absolute atomic E-state index is 0. The van der Waals surface area contributed by atoms with Crippen molar-refractivity contribution >= 4 is 3.27 Å². The summed E-state index contributed by atoms with van der Waals surface area (Å²) in [6.07, 6.45) is 12.7. The van der Waals surface area contributed by atoms with E-state index in [1.165, 1.54) is 21.7 Å². The van der Waals surface area contributed by atoms with Crippen LogP contribution in [-0.2, 0) is 20.3 Å². The summed E-state index contributed by atoms with van der Waals surface area (Å²) in [6, 6.07) is 29.9. The van der Waals surface area contributed by atoms with Gasteiger partial charge in [0.1, 0.15) is 0 Å². The van der Waals surface area contributed by atoms with Crippen LogP contribution in [0.3, 0.4) is 0 Å². The third kappa shape index (κ3) is 4.79. The molecule has 0 bridgehead atoms. The second-order valence-corrected chi connectivity index (χ2v) is 18.9. The first kappa shape index (κ1) is 27.6. The normalized spacial score (nSPS) is 14.1. The molecule has 5 rings (SSSR count). The second-order valence-electron chi connectivity index (χ2n) is 8.45. The van der Waals surface area contributed by atoms with Crippen molar-refractivity contribution in [1.29, 1.82) is 0 Å². The van der Waals surface area contributed by atoms with Gasteiger partial charge in [0, 0.05) is 0 Å². The standard InChI is InChI=1S/C13H9.C6H5.C5H5.C5H9.CH4.2ClH.Zr/c1-3-7-12-10(5-1)9-11-6-2-4-8-13(11)12;1-2-4-6-5-3-1;1-2-4-5-3-1;1-3-5-4-2;;;;/h1-9H;1-5H;1-3H,4H2;3H,1-2,4-5H2;1H4;2*1H;/q;;;;;;;+2/p-2. The van der Waals surface area contributed by atoms with Gasteiger partial charge in [0.05, 0.1) is 0 Å². The average molecular weight is 555 g/mol. The SMILES string of the molecule is C.C=CCC[CH2][Zr+2]([C]1=CC=CC1)([c]1ccccc1)[CH]1c2ccccc2-c2ccccc21.[Cl-].[Cl-]. The Kier molecular flexibility index (Phi) is 10.2. The van der Waals surface area contributed by atoms with Crippen LogP contribution in [0.2, 0.25) is 4.13 Å². The van der Waals surface area contributed by atoms with Crippen LogP contribution in [0.4, 0.5) is 0 Å². The third-order valence-electron chi connectivity index (χ3n) is 6.94. The molecule has 2 aliphatic carbocycles. The summed E-state index contributed by atoms with van der Waals surface area (Å²) in [7, 11) is 0. The van der Waals surface area contributed by atoms with Gasteiger partial charge in [-0.3, -0.25) is 0 Å². The van der Waals surface area contributed by atoms with E-state index >= 15 is 0 Å². The molecule has 2 aliphatic rings. The van der Waals surface area contributed by atoms with E-state index in [0.29, 0.717) is 3.63 Å². The average Bonchev–Trinajstić information content (AvgIpc) is 3.45. The van der Waals surface area contributed by atoms with Crippen molar-refractivity contribution in [2.45, 2.75) is 34.4 Å². The maximum atomic E-state index is 4.02. The van der Waals surface area contributed by atoms with Crippen LogP contribution in [0, 0.1) is 0 Å². The molecule has 0 aliphatic heterocycles. The monoisotopic (exact) mass is 552 g/mol. The summed E-state index contributed by atoms with van der Waals surface area (Å²) in [4.78, 5) is 0. The molecule has 3 aromatic carbocycles. The summed E-state index contributed by atoms with van der Waals surface area (Å²) in [5.41, 5.74) is 6.02. The van der Waals surface area contributed by atoms with Gasteiger partial charge in [0.25, 0.3) is 0 Å². The Bertz CT molecular complexity index is 1090. The summed E-state index contributed by atoms with van der Waals surface area (Å²) >= 11 is -3.14. The molecule has 0 saturated heterocycles. The molecule has 1 atom stereocenters. The fraction of sp³-hybridized carbons (Fsp3) is 0.200. The van der Waals surface area contributed by atoms with E-state index in [2.05, 4.69) is 110 Å². The van der Waals surface area contributed by atoms with E-state index in [1.807, 2.05) is 0 Å². The predicted molar refractivity (Wildman–Crippen MR) is 133 cm³/mol. The van der Waals surface area contributed by atoms with Gasteiger partial charge in [-0.25, -0.2) is 0 Å². The van der Waals surface area contributed by atoms with Crippen LogP contribution >= 0.6 is 0 Å². The van der Waals surface area contributed by atoms with E-state index in [4.69, 9.17) is 0 Å². The van der Waals surface area contributed by atoms with Crippen LogP contribution in [0.15, 0.2) is 113 Å². The predicted octanol–water partition coefficient (Wildman–Crippen LogP) is 2.11. The number of unbranched alkanes of at least 4 members (excludes halogenated alkanes) is 1. The maximum Gasteiger partial charge on any atom is -1.00 e. The Morgan fingerprint density at radius 2 is 1.39 bits per heavy atom. The van der Waals surface area contributed by atoms with Gasteiger partial charge in [-0.05, 0) is 0 Å². The van der Waals surface area contributed by atoms with Gasteiger partial charge >= 0.3 is 186 Å². The number of allylic oxidation sites excluding steroid dienone is 5. The summed E-state index contributed by atoms with van der Waals surface area (Å²) < 4.78 is 5.24. The van der Waals surface area contributed by atoms with Crippen molar-refractivity contribution in [3.05, 3.63) is 124 Å². The fourth-order valence-corrected chi connectivity index (χ4v) is 20.4. The number of rotatable bonds is 7. The van der Waals surface area contributed by atoms with Crippen molar-refractivity contribution < 1.29 is 45.1 Å². The zero-order valence-corrected chi connectivity index (χ0v) is 22.2. The minimum atomic E-state index is -3.14. The molecule has 0 amide bonds. The van der Waals surface area contributed by atoms with Gasteiger partial charge in [-0.1, -0.05) is 7.43 Å². The van der Waals surface area contributed by atoms with Gasteiger partial charge < -0.3 is 24.8 Å². The Morgan fingerprint density at radius 3 is 1.94 bits per heavy atom. The van der Waals surface area contributed by atoms with Crippen LogP contribution in [0.25, 0.3) is 11.1 Å². The molecule has 0 N–H and O–H groups in total. The molecule has 0 nitrogen and oxygen atoms in total. The van der Waals surface area contributed by atoms with Gasteiger partial charge in [0.2, 0.25) is 0 Å². The molecule has 1 unspecified atom stereocenters. The summed E-state index contributed by atoms with van der Waals surface area (Å²) in [5, 5.41) is 0. The molecule has 0 saturated carbocycles. The Balaban J connectivity index is 0.00000128. The van der Waals surface area contributed by atoms with Crippen LogP contribution in [0.5, 0.6) is 0 Å². The quantitative estimate of drug-likeness (QED) is 0.310. The maximum absolute atomic E-state index is 4.02. The van der Waals surface area contributed by atoms with Crippen molar-refractivity contribution in [3.8, 4) is 11.1 Å². The molecule has 3 heteroatoms. The van der Waals surface area contributed by atoms with Gasteiger partial charge in [-0.15, -0.1) is 0 Å². The fourth-order valence-electron chi connectivity index (χ4n) is 5.71. The van der Waals surface area contributed by atoms with E-state index in [9.17, 15) is 0 Å². The van der Waals surface area contributed by atoms with Crippen LogP contribution in [0.1, 0.15) is 41.4 Å². The van der Waals surface area contributed by atoms with Crippen molar-refractivity contribution in [1.82, 2.24) is 0 Å². The van der Waals surface area contributed by atoms with E-state index < -0.39 is 20.3 Å². The van der Waals surface area contributed by atoms with Crippen molar-refractivity contribution in [2.24, 2.45) is 0 Å². The van der Waals surface area contributed by atoms with E-state index in [0.717, 1.165) is 12.8 Å². The third-order valence-corrected chi connectivity index (χ3v) is 20.8. The summed E-state index contributed by atoms with van der Waals surface area (Å²) in [5.74, 6) is 0. The molecule has 0 spiro atoms. The van der Waals surface area contributed by atoms with Gasteiger partial charge in [0.15, 0.2) is 0 Å². The first-order valence-electron chi connectivity index (χ1n) is 11.1. The first-order chi connectivity index (χ1) is 14.9. The zero-order chi connectivity index (χ0) is 20.4. The van der Waals surface area contributed by atoms with Crippen LogP contribution in [-0.4, -0.2) is 0 Å². The molecule has 0 radical (unpaired) electrons. The van der Waals surface area contributed by atoms with Crippen molar-refractivity contribution in [2.75, 3.05) is 0 Å². The second kappa shape index (κ2) is 12.2. The number of benzene rings is 3. The van der Waals surface area contributed by atoms with E-state index in [-0.39, 0.29) is 32.2 Å². The number of hydrogen-bond donors (Lipinski definition) is 0. The molecule has 33 heavy (non-hydrogen) atoms.